The number of carboxylic acids is 1. The molecule has 10 nitrogen and oxygen atoms in total. The van der Waals surface area contributed by atoms with E-state index < -0.39 is 60.0 Å². The van der Waals surface area contributed by atoms with Crippen molar-refractivity contribution in [2.75, 3.05) is 20.6 Å². The highest BCUT2D eigenvalue weighted by Crippen LogP contribution is 2.51. The molecule has 0 aromatic carbocycles. The van der Waals surface area contributed by atoms with Gasteiger partial charge in [-0.3, -0.25) is 14.4 Å². The fraction of sp³-hybridized carbons (Fsp3) is 0.700. The number of carboxylic acid groups (broad SMARTS) is 1. The second-order valence-corrected chi connectivity index (χ2v) is 10.4. The van der Waals surface area contributed by atoms with Gasteiger partial charge < -0.3 is 31.3 Å². The number of thioether (sulfide) groups is 1. The van der Waals surface area contributed by atoms with Crippen LogP contribution in [0.3, 0.4) is 0 Å². The van der Waals surface area contributed by atoms with E-state index in [1.165, 1.54) is 23.6 Å². The number of nitrogens with zero attached hydrogens (tertiary/aromatic N) is 2. The standard InChI is InChI=1S/C20H28F3N5O5S/c1-7-12-11(8(2)26-16(29)15(24)20(21,22)23)18(31)28(12)13(19(32)33)14(7)34-9-5-10(25-6-9)17(30)27(3)4/h7-12,15,25H,5-6,24H2,1-4H3,(H,26,29)(H,32,33)/t7-,8-,9+,10+,11-,12-,15?/m1/s1. The highest BCUT2D eigenvalue weighted by Gasteiger charge is 2.61. The van der Waals surface area contributed by atoms with Gasteiger partial charge in [-0.25, -0.2) is 4.79 Å². The lowest BCUT2D eigenvalue weighted by Gasteiger charge is -2.47. The van der Waals surface area contributed by atoms with Gasteiger partial charge in [0.1, 0.15) is 5.70 Å². The van der Waals surface area contributed by atoms with Gasteiger partial charge in [0.2, 0.25) is 17.7 Å². The van der Waals surface area contributed by atoms with Crippen LogP contribution in [0.4, 0.5) is 13.2 Å². The Morgan fingerprint density at radius 2 is 1.94 bits per heavy atom. The van der Waals surface area contributed by atoms with Crippen LogP contribution in [-0.4, -0.2) is 94.8 Å². The smallest absolute Gasteiger partial charge is 0.412 e. The van der Waals surface area contributed by atoms with Gasteiger partial charge in [-0.05, 0) is 13.3 Å². The van der Waals surface area contributed by atoms with E-state index in [4.69, 9.17) is 5.73 Å². The van der Waals surface area contributed by atoms with Crippen LogP contribution in [0.1, 0.15) is 20.3 Å². The number of alkyl halides is 3. The SMILES string of the molecule is C[C@@H](NC(=O)C(N)C(F)(F)F)[C@H]1C(=O)N2C(C(=O)O)=C(S[C@@H]3CN[C@H](C(=O)N(C)C)C3)[C@H](C)[C@H]12. The molecule has 0 saturated carbocycles. The number of nitrogens with one attached hydrogen (secondary N) is 2. The summed E-state index contributed by atoms with van der Waals surface area (Å²) in [4.78, 5) is 52.1. The van der Waals surface area contributed by atoms with Gasteiger partial charge in [-0.2, -0.15) is 13.2 Å². The summed E-state index contributed by atoms with van der Waals surface area (Å²) in [6, 6.07) is -4.72. The van der Waals surface area contributed by atoms with Crippen LogP contribution in [0.15, 0.2) is 10.6 Å². The average Bonchev–Trinajstić information content (AvgIpc) is 3.28. The summed E-state index contributed by atoms with van der Waals surface area (Å²) < 4.78 is 38.2. The lowest BCUT2D eigenvalue weighted by molar-refractivity contribution is -0.165. The minimum Gasteiger partial charge on any atom is -0.477 e. The molecule has 7 atom stereocenters. The highest BCUT2D eigenvalue weighted by molar-refractivity contribution is 8.03. The summed E-state index contributed by atoms with van der Waals surface area (Å²) in [5, 5.41) is 15.0. The molecule has 1 unspecified atom stereocenters. The molecule has 0 radical (unpaired) electrons. The number of amides is 3. The first kappa shape index (κ1) is 26.3. The van der Waals surface area contributed by atoms with Crippen molar-refractivity contribution in [3.63, 3.8) is 0 Å². The number of hydrogen-bond donors (Lipinski definition) is 4. The zero-order valence-corrected chi connectivity index (χ0v) is 19.9. The minimum absolute atomic E-state index is 0.0873. The van der Waals surface area contributed by atoms with Crippen LogP contribution in [0.5, 0.6) is 0 Å². The van der Waals surface area contributed by atoms with Gasteiger partial charge in [0.15, 0.2) is 6.04 Å². The zero-order valence-electron chi connectivity index (χ0n) is 19.0. The lowest BCUT2D eigenvalue weighted by Crippen LogP contribution is -2.67. The Labute approximate surface area is 198 Å². The Balaban J connectivity index is 1.73. The van der Waals surface area contributed by atoms with Crippen molar-refractivity contribution in [3.05, 3.63) is 10.6 Å². The van der Waals surface area contributed by atoms with Crippen LogP contribution < -0.4 is 16.4 Å². The van der Waals surface area contributed by atoms with Crippen LogP contribution in [0, 0.1) is 11.8 Å². The molecule has 3 amide bonds. The summed E-state index contributed by atoms with van der Waals surface area (Å²) in [5.74, 6) is -4.72. The monoisotopic (exact) mass is 507 g/mol. The molecule has 3 rings (SSSR count). The maximum Gasteiger partial charge on any atom is 0.412 e. The van der Waals surface area contributed by atoms with Gasteiger partial charge >= 0.3 is 12.1 Å². The molecule has 190 valence electrons. The Morgan fingerprint density at radius 3 is 2.47 bits per heavy atom. The zero-order chi connectivity index (χ0) is 25.7. The van der Waals surface area contributed by atoms with Crippen LogP contribution in [0.2, 0.25) is 0 Å². The molecule has 0 aromatic rings. The first-order chi connectivity index (χ1) is 15.7. The fourth-order valence-corrected chi connectivity index (χ4v) is 6.20. The van der Waals surface area contributed by atoms with Crippen LogP contribution in [0.25, 0.3) is 0 Å². The summed E-state index contributed by atoms with van der Waals surface area (Å²) in [5.41, 5.74) is 4.79. The van der Waals surface area contributed by atoms with Gasteiger partial charge in [0.05, 0.1) is 18.0 Å². The van der Waals surface area contributed by atoms with E-state index in [-0.39, 0.29) is 16.9 Å². The molecule has 2 fully saturated rings. The number of aliphatic carboxylic acids is 1. The van der Waals surface area contributed by atoms with Gasteiger partial charge in [0.25, 0.3) is 0 Å². The van der Waals surface area contributed by atoms with E-state index in [0.717, 1.165) is 4.90 Å². The number of likely N-dealkylation sites (N-methyl/N-ethyl adjacent to an activating group) is 1. The van der Waals surface area contributed by atoms with Crippen molar-refractivity contribution >= 4 is 35.5 Å². The molecule has 14 heteroatoms. The maximum absolute atomic E-state index is 12.8. The number of hydrogen-bond acceptors (Lipinski definition) is 7. The Bertz CT molecular complexity index is 927. The van der Waals surface area contributed by atoms with Gasteiger partial charge in [-0.1, -0.05) is 6.92 Å². The molecule has 0 aliphatic carbocycles. The highest BCUT2D eigenvalue weighted by atomic mass is 32.2. The molecule has 34 heavy (non-hydrogen) atoms. The van der Waals surface area contributed by atoms with E-state index in [9.17, 15) is 37.5 Å². The van der Waals surface area contributed by atoms with Crippen molar-refractivity contribution in [2.24, 2.45) is 17.6 Å². The molecular formula is C20H28F3N5O5S. The van der Waals surface area contributed by atoms with Crippen molar-refractivity contribution in [3.8, 4) is 0 Å². The van der Waals surface area contributed by atoms with Crippen molar-refractivity contribution in [2.45, 2.75) is 55.9 Å². The molecule has 5 N–H and O–H groups in total. The fourth-order valence-electron chi connectivity index (χ4n) is 4.72. The number of fused-ring (bicyclic) bond motifs is 1. The largest absolute Gasteiger partial charge is 0.477 e. The molecule has 3 aliphatic rings. The third kappa shape index (κ3) is 4.62. The molecule has 3 aliphatic heterocycles. The topological polar surface area (TPSA) is 145 Å². The van der Waals surface area contributed by atoms with Crippen molar-refractivity contribution in [1.82, 2.24) is 20.4 Å². The summed E-state index contributed by atoms with van der Waals surface area (Å²) in [7, 11) is 3.29. The van der Waals surface area contributed by atoms with Crippen LogP contribution >= 0.6 is 11.8 Å². The Hall–Kier alpha value is -2.32. The molecular weight excluding hydrogens is 479 g/mol. The van der Waals surface area contributed by atoms with Gasteiger partial charge in [-0.15, -0.1) is 11.8 Å². The number of halogens is 3. The van der Waals surface area contributed by atoms with E-state index in [1.54, 1.807) is 21.0 Å². The first-order valence-corrected chi connectivity index (χ1v) is 11.6. The van der Waals surface area contributed by atoms with Crippen LogP contribution in [-0.2, 0) is 19.2 Å². The predicted molar refractivity (Wildman–Crippen MR) is 116 cm³/mol. The molecule has 3 heterocycles. The maximum atomic E-state index is 12.8. The molecule has 0 aromatic heterocycles. The second kappa shape index (κ2) is 9.38. The number of rotatable bonds is 7. The number of carbonyl (C=O) groups is 4. The van der Waals surface area contributed by atoms with E-state index >= 15 is 0 Å². The number of carbonyl (C=O) groups excluding carboxylic acids is 3. The quantitative estimate of drug-likeness (QED) is 0.344. The normalized spacial score (nSPS) is 30.5. The summed E-state index contributed by atoms with van der Waals surface area (Å²) in [6.45, 7) is 3.62. The first-order valence-electron chi connectivity index (χ1n) is 10.7. The summed E-state index contributed by atoms with van der Waals surface area (Å²) in [6.07, 6.45) is -4.45. The van der Waals surface area contributed by atoms with Gasteiger partial charge in [0, 0.05) is 42.8 Å². The lowest BCUT2D eigenvalue weighted by atomic mass is 9.78. The third-order valence-corrected chi connectivity index (χ3v) is 7.97. The van der Waals surface area contributed by atoms with Crippen molar-refractivity contribution in [1.29, 1.82) is 0 Å². The van der Waals surface area contributed by atoms with E-state index in [2.05, 4.69) is 10.6 Å². The third-order valence-electron chi connectivity index (χ3n) is 6.46. The number of β-lactam (4-membered cyclic amide) rings is 1. The minimum atomic E-state index is -4.93. The molecule has 0 spiro atoms. The van der Waals surface area contributed by atoms with E-state index in [0.29, 0.717) is 17.9 Å². The Morgan fingerprint density at radius 1 is 1.32 bits per heavy atom. The summed E-state index contributed by atoms with van der Waals surface area (Å²) >= 11 is 1.29. The van der Waals surface area contributed by atoms with E-state index in [1.807, 2.05) is 0 Å². The number of nitrogens with two attached hydrogens (primary N) is 1. The average molecular weight is 508 g/mol. The van der Waals surface area contributed by atoms with Crippen molar-refractivity contribution < 1.29 is 37.5 Å². The Kier molecular flexibility index (Phi) is 7.25. The predicted octanol–water partition coefficient (Wildman–Crippen LogP) is -0.294. The second-order valence-electron chi connectivity index (χ2n) is 9.02. The molecule has 0 bridgehead atoms. The molecule has 2 saturated heterocycles.